The number of fused-ring (bicyclic) bond motifs is 1. The fourth-order valence-corrected chi connectivity index (χ4v) is 3.35. The molecule has 4 nitrogen and oxygen atoms in total. The van der Waals surface area contributed by atoms with E-state index in [0.29, 0.717) is 6.42 Å². The summed E-state index contributed by atoms with van der Waals surface area (Å²) in [4.78, 5) is 17.9. The van der Waals surface area contributed by atoms with Crippen molar-refractivity contribution in [3.05, 3.63) is 64.1 Å². The summed E-state index contributed by atoms with van der Waals surface area (Å²) in [7, 11) is 0. The predicted molar refractivity (Wildman–Crippen MR) is 94.2 cm³/mol. The van der Waals surface area contributed by atoms with E-state index >= 15 is 0 Å². The number of halogens is 1. The van der Waals surface area contributed by atoms with Gasteiger partial charge in [0, 0.05) is 16.5 Å². The van der Waals surface area contributed by atoms with Gasteiger partial charge in [-0.1, -0.05) is 53.2 Å². The molecule has 0 saturated carbocycles. The smallest absolute Gasteiger partial charge is 0.323 e. The molecule has 0 saturated heterocycles. The predicted octanol–water partition coefficient (Wildman–Crippen LogP) is 4.38. The van der Waals surface area contributed by atoms with E-state index in [-0.39, 0.29) is 12.6 Å². The number of hydrogen-bond acceptors (Lipinski definition) is 3. The van der Waals surface area contributed by atoms with E-state index in [1.165, 1.54) is 0 Å². The van der Waals surface area contributed by atoms with Crippen LogP contribution in [0.5, 0.6) is 0 Å². The maximum Gasteiger partial charge on any atom is 0.323 e. The molecule has 23 heavy (non-hydrogen) atoms. The van der Waals surface area contributed by atoms with Gasteiger partial charge in [-0.2, -0.15) is 0 Å². The lowest BCUT2D eigenvalue weighted by molar-refractivity contribution is -0.137. The van der Waals surface area contributed by atoms with Crippen molar-refractivity contribution in [2.75, 3.05) is 6.54 Å². The molecule has 5 heteroatoms. The van der Waals surface area contributed by atoms with Crippen LogP contribution in [0.2, 0.25) is 0 Å². The van der Waals surface area contributed by atoms with E-state index in [1.54, 1.807) is 0 Å². The number of rotatable bonds is 4. The van der Waals surface area contributed by atoms with Gasteiger partial charge >= 0.3 is 5.97 Å². The second-order valence-electron chi connectivity index (χ2n) is 5.42. The van der Waals surface area contributed by atoms with Crippen LogP contribution < -0.4 is 0 Å². The number of aliphatic carboxylic acids is 1. The zero-order valence-corrected chi connectivity index (χ0v) is 14.3. The van der Waals surface area contributed by atoms with Gasteiger partial charge in [0.1, 0.15) is 12.4 Å². The molecule has 1 aliphatic rings. The van der Waals surface area contributed by atoms with Crippen molar-refractivity contribution in [1.82, 2.24) is 4.90 Å². The molecule has 0 spiro atoms. The molecule has 0 aliphatic carbocycles. The third-order valence-corrected chi connectivity index (χ3v) is 4.41. The van der Waals surface area contributed by atoms with Crippen LogP contribution in [0, 0.1) is 0 Å². The summed E-state index contributed by atoms with van der Waals surface area (Å²) in [5, 5.41) is 9.34. The fraction of sp³-hybridized carbons (Fsp3) is 0.222. The van der Waals surface area contributed by atoms with Gasteiger partial charge < -0.3 is 10.0 Å². The van der Waals surface area contributed by atoms with Crippen LogP contribution in [0.25, 0.3) is 0 Å². The van der Waals surface area contributed by atoms with Crippen LogP contribution in [0.15, 0.2) is 58.0 Å². The van der Waals surface area contributed by atoms with Crippen LogP contribution >= 0.6 is 15.9 Å². The van der Waals surface area contributed by atoms with Crippen LogP contribution in [0.1, 0.15) is 30.5 Å². The Balaban J connectivity index is 2.19. The van der Waals surface area contributed by atoms with Crippen molar-refractivity contribution in [2.45, 2.75) is 19.4 Å². The Labute approximate surface area is 143 Å². The molecular weight excluding hydrogens is 356 g/mol. The molecule has 1 heterocycles. The maximum atomic E-state index is 11.4. The average molecular weight is 373 g/mol. The summed E-state index contributed by atoms with van der Waals surface area (Å²) in [6.07, 6.45) is 0.687. The van der Waals surface area contributed by atoms with E-state index in [0.717, 1.165) is 27.1 Å². The zero-order valence-electron chi connectivity index (χ0n) is 12.7. The molecule has 2 aromatic rings. The van der Waals surface area contributed by atoms with Gasteiger partial charge in [-0.25, -0.2) is 4.99 Å². The van der Waals surface area contributed by atoms with E-state index in [4.69, 9.17) is 0 Å². The Morgan fingerprint density at radius 3 is 2.65 bits per heavy atom. The first kappa shape index (κ1) is 15.7. The minimum absolute atomic E-state index is 0.0712. The van der Waals surface area contributed by atoms with Crippen LogP contribution in [-0.2, 0) is 4.79 Å². The summed E-state index contributed by atoms with van der Waals surface area (Å²) >= 11 is 3.51. The summed E-state index contributed by atoms with van der Waals surface area (Å²) < 4.78 is 0.961. The lowest BCUT2D eigenvalue weighted by Gasteiger charge is -2.37. The lowest BCUT2D eigenvalue weighted by atomic mass is 9.93. The minimum atomic E-state index is -0.856. The zero-order chi connectivity index (χ0) is 16.4. The maximum absolute atomic E-state index is 11.4. The standard InChI is InChI=1S/C18H17BrN2O2/c1-2-16-20-15-9-8-13(19)10-14(15)18(21(16)11-17(22)23)12-6-4-3-5-7-12/h3-10,18H,2,11H2,1H3,(H,22,23)/t18-/m1/s1. The number of carboxylic acid groups (broad SMARTS) is 1. The summed E-state index contributed by atoms with van der Waals surface area (Å²) in [6, 6.07) is 15.8. The summed E-state index contributed by atoms with van der Waals surface area (Å²) in [5.74, 6) is -0.0541. The van der Waals surface area contributed by atoms with Crippen molar-refractivity contribution in [3.63, 3.8) is 0 Å². The molecule has 0 fully saturated rings. The number of hydrogen-bond donors (Lipinski definition) is 1. The normalized spacial score (nSPS) is 16.7. The highest BCUT2D eigenvalue weighted by molar-refractivity contribution is 9.10. The van der Waals surface area contributed by atoms with Gasteiger partial charge in [0.05, 0.1) is 11.7 Å². The van der Waals surface area contributed by atoms with E-state index in [2.05, 4.69) is 20.9 Å². The number of carbonyl (C=O) groups is 1. The highest BCUT2D eigenvalue weighted by atomic mass is 79.9. The van der Waals surface area contributed by atoms with Crippen molar-refractivity contribution < 1.29 is 9.90 Å². The molecule has 0 bridgehead atoms. The summed E-state index contributed by atoms with van der Waals surface area (Å²) in [5.41, 5.74) is 2.98. The van der Waals surface area contributed by atoms with Crippen molar-refractivity contribution in [1.29, 1.82) is 0 Å². The number of carboxylic acids is 1. The van der Waals surface area contributed by atoms with E-state index in [9.17, 15) is 9.90 Å². The number of aliphatic imine (C=N–C) groups is 1. The second-order valence-corrected chi connectivity index (χ2v) is 6.34. The molecule has 0 aromatic heterocycles. The van der Waals surface area contributed by atoms with Gasteiger partial charge in [-0.15, -0.1) is 0 Å². The van der Waals surface area contributed by atoms with E-state index in [1.807, 2.05) is 60.4 Å². The second kappa shape index (κ2) is 6.54. The molecule has 3 rings (SSSR count). The molecule has 118 valence electrons. The quantitative estimate of drug-likeness (QED) is 0.866. The number of benzene rings is 2. The molecule has 1 aliphatic heterocycles. The van der Waals surface area contributed by atoms with Crippen molar-refractivity contribution in [2.24, 2.45) is 4.99 Å². The fourth-order valence-electron chi connectivity index (χ4n) is 2.97. The average Bonchev–Trinajstić information content (AvgIpc) is 2.54. The molecular formula is C18H17BrN2O2. The molecule has 1 N–H and O–H groups in total. The van der Waals surface area contributed by atoms with Crippen molar-refractivity contribution in [3.8, 4) is 0 Å². The van der Waals surface area contributed by atoms with Gasteiger partial charge in [0.15, 0.2) is 0 Å². The Bertz CT molecular complexity index is 759. The SMILES string of the molecule is CCC1=Nc2ccc(Br)cc2[C@@H](c2ccccc2)N1CC(=O)O. The first-order valence-electron chi connectivity index (χ1n) is 7.50. The Morgan fingerprint density at radius 2 is 2.00 bits per heavy atom. The third kappa shape index (κ3) is 3.15. The highest BCUT2D eigenvalue weighted by Gasteiger charge is 2.31. The van der Waals surface area contributed by atoms with Gasteiger partial charge in [0.25, 0.3) is 0 Å². The minimum Gasteiger partial charge on any atom is -0.480 e. The first-order chi connectivity index (χ1) is 11.1. The molecule has 2 aromatic carbocycles. The van der Waals surface area contributed by atoms with E-state index < -0.39 is 5.97 Å². The Morgan fingerprint density at radius 1 is 1.26 bits per heavy atom. The largest absolute Gasteiger partial charge is 0.480 e. The van der Waals surface area contributed by atoms with Crippen LogP contribution in [0.3, 0.4) is 0 Å². The lowest BCUT2D eigenvalue weighted by Crippen LogP contribution is -2.40. The monoisotopic (exact) mass is 372 g/mol. The van der Waals surface area contributed by atoms with Crippen molar-refractivity contribution >= 4 is 33.4 Å². The highest BCUT2D eigenvalue weighted by Crippen LogP contribution is 2.40. The molecule has 0 amide bonds. The van der Waals surface area contributed by atoms with Crippen LogP contribution in [-0.4, -0.2) is 28.4 Å². The molecule has 1 atom stereocenters. The Kier molecular flexibility index (Phi) is 4.48. The molecule has 0 unspecified atom stereocenters. The van der Waals surface area contributed by atoms with Gasteiger partial charge in [0.2, 0.25) is 0 Å². The van der Waals surface area contributed by atoms with Crippen LogP contribution in [0.4, 0.5) is 5.69 Å². The number of amidine groups is 1. The summed E-state index contributed by atoms with van der Waals surface area (Å²) in [6.45, 7) is 1.93. The Hall–Kier alpha value is -2.14. The first-order valence-corrected chi connectivity index (χ1v) is 8.30. The third-order valence-electron chi connectivity index (χ3n) is 3.91. The van der Waals surface area contributed by atoms with Gasteiger partial charge in [-0.3, -0.25) is 4.79 Å². The number of nitrogens with zero attached hydrogens (tertiary/aromatic N) is 2. The topological polar surface area (TPSA) is 52.9 Å². The molecule has 0 radical (unpaired) electrons. The van der Waals surface area contributed by atoms with Gasteiger partial charge in [-0.05, 0) is 23.8 Å².